The van der Waals surface area contributed by atoms with E-state index in [1.807, 2.05) is 18.5 Å². The monoisotopic (exact) mass is 269 g/mol. The molecule has 0 amide bonds. The lowest BCUT2D eigenvalue weighted by atomic mass is 9.91. The maximum absolute atomic E-state index is 12.5. The minimum absolute atomic E-state index is 0.131. The van der Waals surface area contributed by atoms with E-state index in [2.05, 4.69) is 20.9 Å². The van der Waals surface area contributed by atoms with Crippen molar-refractivity contribution < 1.29 is 4.79 Å². The molecule has 1 aromatic heterocycles. The SMILES string of the molecule is O=C(c1ccc2c(c1)ncn2C1CC1)C1CCCNC1. The number of fused-ring (bicyclic) bond motifs is 1. The second kappa shape index (κ2) is 4.70. The number of ketones is 1. The molecule has 1 saturated heterocycles. The molecule has 104 valence electrons. The van der Waals surface area contributed by atoms with Gasteiger partial charge >= 0.3 is 0 Å². The fraction of sp³-hybridized carbons (Fsp3) is 0.500. The van der Waals surface area contributed by atoms with Gasteiger partial charge in [0.1, 0.15) is 0 Å². The molecule has 1 atom stereocenters. The average Bonchev–Trinajstić information content (AvgIpc) is 3.26. The van der Waals surface area contributed by atoms with Crippen molar-refractivity contribution in [2.75, 3.05) is 13.1 Å². The van der Waals surface area contributed by atoms with Gasteiger partial charge in [-0.3, -0.25) is 4.79 Å². The summed E-state index contributed by atoms with van der Waals surface area (Å²) in [5.41, 5.74) is 2.92. The van der Waals surface area contributed by atoms with Gasteiger partial charge in [-0.25, -0.2) is 4.98 Å². The van der Waals surface area contributed by atoms with E-state index in [4.69, 9.17) is 0 Å². The highest BCUT2D eigenvalue weighted by Crippen LogP contribution is 2.37. The van der Waals surface area contributed by atoms with E-state index in [0.29, 0.717) is 6.04 Å². The summed E-state index contributed by atoms with van der Waals surface area (Å²) in [6.45, 7) is 1.85. The largest absolute Gasteiger partial charge is 0.327 e. The number of carbonyl (C=O) groups excluding carboxylic acids is 1. The Morgan fingerprint density at radius 3 is 2.95 bits per heavy atom. The molecule has 0 radical (unpaired) electrons. The first-order valence-electron chi connectivity index (χ1n) is 7.54. The van der Waals surface area contributed by atoms with Gasteiger partial charge in [-0.2, -0.15) is 0 Å². The third kappa shape index (κ3) is 2.04. The van der Waals surface area contributed by atoms with Gasteiger partial charge in [0.15, 0.2) is 5.78 Å². The molecule has 2 heterocycles. The summed E-state index contributed by atoms with van der Waals surface area (Å²) in [4.78, 5) is 17.0. The predicted octanol–water partition coefficient (Wildman–Crippen LogP) is 2.55. The van der Waals surface area contributed by atoms with Gasteiger partial charge in [0.2, 0.25) is 0 Å². The molecular formula is C16H19N3O. The molecule has 0 bridgehead atoms. The quantitative estimate of drug-likeness (QED) is 0.871. The first kappa shape index (κ1) is 12.1. The Kier molecular flexibility index (Phi) is 2.84. The summed E-state index contributed by atoms with van der Waals surface area (Å²) in [5, 5.41) is 3.31. The highest BCUT2D eigenvalue weighted by Gasteiger charge is 2.26. The van der Waals surface area contributed by atoms with Gasteiger partial charge < -0.3 is 9.88 Å². The summed E-state index contributed by atoms with van der Waals surface area (Å²) in [7, 11) is 0. The van der Waals surface area contributed by atoms with Crippen LogP contribution in [0.25, 0.3) is 11.0 Å². The zero-order valence-corrected chi connectivity index (χ0v) is 11.5. The van der Waals surface area contributed by atoms with E-state index >= 15 is 0 Å². The molecule has 1 N–H and O–H groups in total. The predicted molar refractivity (Wildman–Crippen MR) is 77.9 cm³/mol. The van der Waals surface area contributed by atoms with Gasteiger partial charge in [0, 0.05) is 24.1 Å². The smallest absolute Gasteiger partial charge is 0.167 e. The molecule has 1 unspecified atom stereocenters. The third-order valence-electron chi connectivity index (χ3n) is 4.47. The Balaban J connectivity index is 1.64. The first-order valence-corrected chi connectivity index (χ1v) is 7.54. The van der Waals surface area contributed by atoms with E-state index in [-0.39, 0.29) is 11.7 Å². The van der Waals surface area contributed by atoms with Crippen molar-refractivity contribution in [3.05, 3.63) is 30.1 Å². The fourth-order valence-electron chi connectivity index (χ4n) is 3.14. The number of aromatic nitrogens is 2. The summed E-state index contributed by atoms with van der Waals surface area (Å²) in [5.74, 6) is 0.395. The number of rotatable bonds is 3. The molecule has 4 heteroatoms. The second-order valence-electron chi connectivity index (χ2n) is 5.99. The van der Waals surface area contributed by atoms with Gasteiger partial charge in [-0.1, -0.05) is 0 Å². The van der Waals surface area contributed by atoms with Crippen molar-refractivity contribution in [2.24, 2.45) is 5.92 Å². The van der Waals surface area contributed by atoms with Gasteiger partial charge in [0.25, 0.3) is 0 Å². The number of piperidine rings is 1. The number of hydrogen-bond acceptors (Lipinski definition) is 3. The molecule has 4 rings (SSSR count). The molecule has 1 aromatic carbocycles. The highest BCUT2D eigenvalue weighted by molar-refractivity contribution is 6.00. The lowest BCUT2D eigenvalue weighted by molar-refractivity contribution is 0.0900. The van der Waals surface area contributed by atoms with E-state index in [1.165, 1.54) is 12.8 Å². The lowest BCUT2D eigenvalue weighted by Gasteiger charge is -2.21. The van der Waals surface area contributed by atoms with E-state index < -0.39 is 0 Å². The van der Waals surface area contributed by atoms with E-state index in [1.54, 1.807) is 0 Å². The van der Waals surface area contributed by atoms with Crippen molar-refractivity contribution in [3.8, 4) is 0 Å². The van der Waals surface area contributed by atoms with Crippen LogP contribution in [-0.2, 0) is 0 Å². The van der Waals surface area contributed by atoms with Crippen LogP contribution >= 0.6 is 0 Å². The molecule has 2 fully saturated rings. The maximum Gasteiger partial charge on any atom is 0.167 e. The lowest BCUT2D eigenvalue weighted by Crippen LogP contribution is -2.34. The number of Topliss-reactive ketones (excluding diaryl/α,β-unsaturated/α-hetero) is 1. The van der Waals surface area contributed by atoms with Crippen molar-refractivity contribution in [2.45, 2.75) is 31.7 Å². The van der Waals surface area contributed by atoms with Crippen LogP contribution in [0.4, 0.5) is 0 Å². The number of benzene rings is 1. The van der Waals surface area contributed by atoms with E-state index in [0.717, 1.165) is 42.5 Å². The van der Waals surface area contributed by atoms with Crippen LogP contribution in [0.3, 0.4) is 0 Å². The van der Waals surface area contributed by atoms with Crippen LogP contribution in [0.15, 0.2) is 24.5 Å². The average molecular weight is 269 g/mol. The molecule has 1 saturated carbocycles. The van der Waals surface area contributed by atoms with Crippen LogP contribution in [0, 0.1) is 5.92 Å². The maximum atomic E-state index is 12.5. The summed E-state index contributed by atoms with van der Waals surface area (Å²) < 4.78 is 2.24. The topological polar surface area (TPSA) is 46.9 Å². The Morgan fingerprint density at radius 2 is 2.20 bits per heavy atom. The van der Waals surface area contributed by atoms with Gasteiger partial charge in [-0.15, -0.1) is 0 Å². The number of imidazole rings is 1. The first-order chi connectivity index (χ1) is 9.83. The van der Waals surface area contributed by atoms with Crippen molar-refractivity contribution in [1.29, 1.82) is 0 Å². The minimum atomic E-state index is 0.131. The fourth-order valence-corrected chi connectivity index (χ4v) is 3.14. The van der Waals surface area contributed by atoms with Crippen LogP contribution in [-0.4, -0.2) is 28.4 Å². The summed E-state index contributed by atoms with van der Waals surface area (Å²) in [6, 6.07) is 6.62. The third-order valence-corrected chi connectivity index (χ3v) is 4.47. The molecule has 1 aliphatic heterocycles. The zero-order chi connectivity index (χ0) is 13.5. The summed E-state index contributed by atoms with van der Waals surface area (Å²) in [6.07, 6.45) is 6.51. The molecular weight excluding hydrogens is 250 g/mol. The number of nitrogens with one attached hydrogen (secondary N) is 1. The normalized spacial score (nSPS) is 23.1. The van der Waals surface area contributed by atoms with Crippen LogP contribution < -0.4 is 5.32 Å². The molecule has 2 aliphatic rings. The molecule has 0 spiro atoms. The van der Waals surface area contributed by atoms with Crippen LogP contribution in [0.5, 0.6) is 0 Å². The van der Waals surface area contributed by atoms with Crippen molar-refractivity contribution in [1.82, 2.24) is 14.9 Å². The van der Waals surface area contributed by atoms with Crippen molar-refractivity contribution in [3.63, 3.8) is 0 Å². The minimum Gasteiger partial charge on any atom is -0.327 e. The molecule has 4 nitrogen and oxygen atoms in total. The number of hydrogen-bond donors (Lipinski definition) is 1. The molecule has 20 heavy (non-hydrogen) atoms. The Morgan fingerprint density at radius 1 is 1.30 bits per heavy atom. The number of carbonyl (C=O) groups is 1. The molecule has 2 aromatic rings. The second-order valence-corrected chi connectivity index (χ2v) is 5.99. The Bertz CT molecular complexity index is 651. The van der Waals surface area contributed by atoms with Gasteiger partial charge in [0.05, 0.1) is 17.4 Å². The zero-order valence-electron chi connectivity index (χ0n) is 11.5. The van der Waals surface area contributed by atoms with Crippen LogP contribution in [0.1, 0.15) is 42.1 Å². The number of nitrogens with zero attached hydrogens (tertiary/aromatic N) is 2. The highest BCUT2D eigenvalue weighted by atomic mass is 16.1. The van der Waals surface area contributed by atoms with Crippen LogP contribution in [0.2, 0.25) is 0 Å². The Hall–Kier alpha value is -1.68. The Labute approximate surface area is 118 Å². The molecule has 1 aliphatic carbocycles. The van der Waals surface area contributed by atoms with E-state index in [9.17, 15) is 4.79 Å². The summed E-state index contributed by atoms with van der Waals surface area (Å²) >= 11 is 0. The van der Waals surface area contributed by atoms with Crippen molar-refractivity contribution >= 4 is 16.8 Å². The standard InChI is InChI=1S/C16H19N3O/c20-16(12-2-1-7-17-9-12)11-3-6-15-14(8-11)18-10-19(15)13-4-5-13/h3,6,8,10,12-13,17H,1-2,4-5,7,9H2. The van der Waals surface area contributed by atoms with Gasteiger partial charge in [-0.05, 0) is 50.4 Å².